The number of rotatable bonds is 8. The molecule has 0 radical (unpaired) electrons. The predicted molar refractivity (Wildman–Crippen MR) is 119 cm³/mol. The highest BCUT2D eigenvalue weighted by Crippen LogP contribution is 2.27. The summed E-state index contributed by atoms with van der Waals surface area (Å²) in [5.41, 5.74) is -4.92. The van der Waals surface area contributed by atoms with Gasteiger partial charge in [-0.2, -0.15) is 26.9 Å². The number of halogens is 3. The Balaban J connectivity index is 0.00000265. The molecule has 0 fully saturated rings. The van der Waals surface area contributed by atoms with E-state index in [1.807, 2.05) is 19.9 Å². The second-order valence-electron chi connectivity index (χ2n) is 5.97. The summed E-state index contributed by atoms with van der Waals surface area (Å²) in [5.74, 6) is -0.490. The van der Waals surface area contributed by atoms with Crippen molar-refractivity contribution in [2.45, 2.75) is 30.7 Å². The predicted octanol–water partition coefficient (Wildman–Crippen LogP) is 2.84. The third-order valence-electron chi connectivity index (χ3n) is 3.88. The van der Waals surface area contributed by atoms with E-state index in [1.165, 1.54) is 25.3 Å². The van der Waals surface area contributed by atoms with Gasteiger partial charge in [-0.25, -0.2) is 13.1 Å². The number of benzene rings is 2. The number of methoxy groups -OCH3 is 1. The van der Waals surface area contributed by atoms with Crippen LogP contribution in [0.5, 0.6) is 11.5 Å². The van der Waals surface area contributed by atoms with E-state index in [1.54, 1.807) is 0 Å². The van der Waals surface area contributed by atoms with Crippen molar-refractivity contribution in [2.24, 2.45) is 0 Å². The highest BCUT2D eigenvalue weighted by Gasteiger charge is 2.48. The largest absolute Gasteiger partial charge is 0.534 e. The lowest BCUT2D eigenvalue weighted by atomic mass is 10.1. The minimum Gasteiger partial charge on any atom is -0.495 e. The molecule has 0 aliphatic heterocycles. The molecule has 1 N–H and O–H groups in total. The third kappa shape index (κ3) is 7.57. The molecular weight excluding hydrogens is 504 g/mol. The smallest absolute Gasteiger partial charge is 0.495 e. The average Bonchev–Trinajstić information content (AvgIpc) is 2.75. The second kappa shape index (κ2) is 11.7. The highest BCUT2D eigenvalue weighted by molar-refractivity contribution is 7.89. The Labute approximate surface area is 193 Å². The van der Waals surface area contributed by atoms with Crippen LogP contribution in [0.1, 0.15) is 25.0 Å². The first kappa shape index (κ1) is 28.6. The number of nitriles is 1. The minimum absolute atomic E-state index is 0.0469. The van der Waals surface area contributed by atoms with Gasteiger partial charge in [-0.1, -0.05) is 19.9 Å². The fourth-order valence-electron chi connectivity index (χ4n) is 2.38. The molecule has 0 saturated carbocycles. The van der Waals surface area contributed by atoms with Gasteiger partial charge in [-0.3, -0.25) is 0 Å². The Morgan fingerprint density at radius 1 is 1.09 bits per heavy atom. The monoisotopic (exact) mass is 526 g/mol. The van der Waals surface area contributed by atoms with Gasteiger partial charge in [0.05, 0.1) is 18.7 Å². The maximum atomic E-state index is 12.6. The third-order valence-corrected chi connectivity index (χ3v) is 6.87. The van der Waals surface area contributed by atoms with Gasteiger partial charge in [-0.15, -0.1) is 9.24 Å². The standard InChI is InChI=1S/C17H16F3N2O6PS2.C2H6/c1-27-14-5-2-11(10-21)8-16(14)30(23,24)22-7-6-12-3-4-13(9-15(12)29)28-31(25,26)17(18,19)20;1-2/h2-5,8-9,22H,6-7,29H2,1H3;1-2H3. The van der Waals surface area contributed by atoms with E-state index in [4.69, 9.17) is 10.00 Å². The van der Waals surface area contributed by atoms with Crippen LogP contribution < -0.4 is 18.9 Å². The Morgan fingerprint density at radius 2 is 1.73 bits per heavy atom. The van der Waals surface area contributed by atoms with Crippen molar-refractivity contribution in [1.29, 1.82) is 5.26 Å². The Bertz CT molecular complexity index is 1230. The summed E-state index contributed by atoms with van der Waals surface area (Å²) in [4.78, 5) is -0.221. The molecule has 2 aromatic rings. The average molecular weight is 526 g/mol. The van der Waals surface area contributed by atoms with Crippen molar-refractivity contribution < 1.29 is 38.9 Å². The number of ether oxygens (including phenoxy) is 1. The van der Waals surface area contributed by atoms with Crippen LogP contribution in [0.2, 0.25) is 0 Å². The minimum atomic E-state index is -5.80. The van der Waals surface area contributed by atoms with Gasteiger partial charge in [0.15, 0.2) is 0 Å². The quantitative estimate of drug-likeness (QED) is 0.319. The lowest BCUT2D eigenvalue weighted by Crippen LogP contribution is -2.28. The van der Waals surface area contributed by atoms with Crippen LogP contribution in [0.25, 0.3) is 0 Å². The van der Waals surface area contributed by atoms with Crippen LogP contribution in [0.3, 0.4) is 0 Å². The van der Waals surface area contributed by atoms with E-state index in [9.17, 15) is 30.0 Å². The molecule has 182 valence electrons. The number of nitrogens with zero attached hydrogens (tertiary/aromatic N) is 1. The lowest BCUT2D eigenvalue weighted by Gasteiger charge is -2.13. The fraction of sp³-hybridized carbons (Fsp3) is 0.316. The van der Waals surface area contributed by atoms with Crippen molar-refractivity contribution in [2.75, 3.05) is 13.7 Å². The van der Waals surface area contributed by atoms with Gasteiger partial charge in [-0.05, 0) is 47.6 Å². The molecule has 0 bridgehead atoms. The lowest BCUT2D eigenvalue weighted by molar-refractivity contribution is -0.0500. The Kier molecular flexibility index (Phi) is 10.1. The van der Waals surface area contributed by atoms with Crippen LogP contribution in [0.4, 0.5) is 13.2 Å². The molecule has 0 aliphatic rings. The Morgan fingerprint density at radius 3 is 2.24 bits per heavy atom. The van der Waals surface area contributed by atoms with Crippen molar-refractivity contribution in [1.82, 2.24) is 4.72 Å². The highest BCUT2D eigenvalue weighted by atomic mass is 32.2. The molecule has 2 aromatic carbocycles. The van der Waals surface area contributed by atoms with Crippen LogP contribution >= 0.6 is 9.24 Å². The van der Waals surface area contributed by atoms with Crippen molar-refractivity contribution >= 4 is 34.7 Å². The maximum absolute atomic E-state index is 12.6. The summed E-state index contributed by atoms with van der Waals surface area (Å²) in [6.07, 6.45) is 0.130. The van der Waals surface area contributed by atoms with Crippen molar-refractivity contribution in [3.63, 3.8) is 0 Å². The molecule has 0 heterocycles. The van der Waals surface area contributed by atoms with Gasteiger partial charge in [0.2, 0.25) is 10.0 Å². The molecule has 0 spiro atoms. The molecule has 0 amide bonds. The summed E-state index contributed by atoms with van der Waals surface area (Å²) in [7, 11) is -6.33. The van der Waals surface area contributed by atoms with Crippen molar-refractivity contribution in [3.05, 3.63) is 47.5 Å². The summed E-state index contributed by atoms with van der Waals surface area (Å²) in [6, 6.07) is 9.16. The van der Waals surface area contributed by atoms with Gasteiger partial charge < -0.3 is 8.92 Å². The van der Waals surface area contributed by atoms with Gasteiger partial charge in [0.25, 0.3) is 0 Å². The summed E-state index contributed by atoms with van der Waals surface area (Å²) >= 11 is 0. The first-order valence-corrected chi connectivity index (χ1v) is 12.7. The van der Waals surface area contributed by atoms with E-state index < -0.39 is 31.4 Å². The maximum Gasteiger partial charge on any atom is 0.534 e. The fourth-order valence-corrected chi connectivity index (χ4v) is 4.46. The summed E-state index contributed by atoms with van der Waals surface area (Å²) in [5, 5.41) is 9.28. The van der Waals surface area contributed by atoms with Crippen LogP contribution in [-0.2, 0) is 26.6 Å². The zero-order valence-electron chi connectivity index (χ0n) is 17.8. The molecule has 2 rings (SSSR count). The Hall–Kier alpha value is -2.39. The van der Waals surface area contributed by atoms with Crippen LogP contribution in [0.15, 0.2) is 41.3 Å². The first-order chi connectivity index (χ1) is 15.3. The molecule has 33 heavy (non-hydrogen) atoms. The number of hydrogen-bond donors (Lipinski definition) is 1. The topological polar surface area (TPSA) is 123 Å². The second-order valence-corrected chi connectivity index (χ2v) is 9.86. The normalized spacial score (nSPS) is 11.7. The molecule has 0 saturated heterocycles. The molecule has 0 aliphatic carbocycles. The number of nitrogens with one attached hydrogen (secondary N) is 1. The molecule has 14 heteroatoms. The van der Waals surface area contributed by atoms with Crippen LogP contribution in [0, 0.1) is 11.3 Å². The number of hydrogen-bond acceptors (Lipinski definition) is 7. The van der Waals surface area contributed by atoms with Gasteiger partial charge in [0, 0.05) is 6.54 Å². The van der Waals surface area contributed by atoms with E-state index in [-0.39, 0.29) is 29.2 Å². The van der Waals surface area contributed by atoms with Gasteiger partial charge in [0.1, 0.15) is 16.4 Å². The van der Waals surface area contributed by atoms with Crippen LogP contribution in [-0.4, -0.2) is 36.0 Å². The molecular formula is C19H22F3N2O6PS2. The van der Waals surface area contributed by atoms with E-state index in [0.717, 1.165) is 18.2 Å². The zero-order chi connectivity index (χ0) is 25.4. The number of sulfonamides is 1. The first-order valence-electron chi connectivity index (χ1n) is 9.27. The summed E-state index contributed by atoms with van der Waals surface area (Å²) < 4.78 is 95.9. The molecule has 1 unspecified atom stereocenters. The van der Waals surface area contributed by atoms with Crippen molar-refractivity contribution in [3.8, 4) is 17.6 Å². The SMILES string of the molecule is CC.COc1ccc(C#N)cc1S(=O)(=O)NCCc1ccc(OS(=O)(=O)C(F)(F)F)cc1P. The zero-order valence-corrected chi connectivity index (χ0v) is 20.6. The van der Waals surface area contributed by atoms with E-state index in [2.05, 4.69) is 18.1 Å². The number of alkyl halides is 3. The summed E-state index contributed by atoms with van der Waals surface area (Å²) in [6.45, 7) is 3.91. The molecule has 1 atom stereocenters. The molecule has 8 nitrogen and oxygen atoms in total. The molecule has 0 aromatic heterocycles. The van der Waals surface area contributed by atoms with E-state index >= 15 is 0 Å². The van der Waals surface area contributed by atoms with E-state index in [0.29, 0.717) is 10.9 Å². The van der Waals surface area contributed by atoms with Gasteiger partial charge >= 0.3 is 15.6 Å².